The van der Waals surface area contributed by atoms with Gasteiger partial charge in [0.25, 0.3) is 0 Å². The van der Waals surface area contributed by atoms with Crippen LogP contribution in [0.25, 0.3) is 0 Å². The van der Waals surface area contributed by atoms with Crippen LogP contribution in [0.2, 0.25) is 0 Å². The van der Waals surface area contributed by atoms with Crippen LogP contribution < -0.4 is 11.1 Å². The summed E-state index contributed by atoms with van der Waals surface area (Å²) in [4.78, 5) is 15.1. The third-order valence-corrected chi connectivity index (χ3v) is 2.73. The largest absolute Gasteiger partial charge is 0.478 e. The Labute approximate surface area is 111 Å². The molecule has 98 valence electrons. The van der Waals surface area contributed by atoms with E-state index in [1.165, 1.54) is 6.07 Å². The van der Waals surface area contributed by atoms with Crippen molar-refractivity contribution in [2.45, 2.75) is 6.42 Å². The molecule has 0 radical (unpaired) electrons. The van der Waals surface area contributed by atoms with E-state index in [-0.39, 0.29) is 5.56 Å². The van der Waals surface area contributed by atoms with Crippen LogP contribution in [-0.4, -0.2) is 22.6 Å². The van der Waals surface area contributed by atoms with Crippen LogP contribution in [-0.2, 0) is 6.42 Å². The van der Waals surface area contributed by atoms with E-state index >= 15 is 0 Å². The number of nitrogens with one attached hydrogen (secondary N) is 1. The van der Waals surface area contributed by atoms with Crippen LogP contribution in [0.5, 0.6) is 0 Å². The summed E-state index contributed by atoms with van der Waals surface area (Å²) in [6.45, 7) is 0.620. The van der Waals surface area contributed by atoms with Gasteiger partial charge < -0.3 is 16.2 Å². The van der Waals surface area contributed by atoms with Gasteiger partial charge in [-0.2, -0.15) is 0 Å². The minimum absolute atomic E-state index is 0.223. The molecule has 0 amide bonds. The van der Waals surface area contributed by atoms with Crippen molar-refractivity contribution < 1.29 is 9.90 Å². The highest BCUT2D eigenvalue weighted by Gasteiger charge is 2.09. The predicted molar refractivity (Wildman–Crippen MR) is 74.2 cm³/mol. The number of carbonyl (C=O) groups is 1. The fourth-order valence-corrected chi connectivity index (χ4v) is 1.78. The van der Waals surface area contributed by atoms with E-state index in [2.05, 4.69) is 10.3 Å². The number of aromatic carboxylic acids is 1. The molecule has 0 bridgehead atoms. The molecule has 5 nitrogen and oxygen atoms in total. The second-order valence-corrected chi connectivity index (χ2v) is 4.15. The second-order valence-electron chi connectivity index (χ2n) is 4.15. The summed E-state index contributed by atoms with van der Waals surface area (Å²) in [7, 11) is 0. The first-order valence-corrected chi connectivity index (χ1v) is 5.92. The van der Waals surface area contributed by atoms with Crippen molar-refractivity contribution in [3.05, 3.63) is 53.9 Å². The number of anilines is 2. The number of nitrogens with two attached hydrogens (primary N) is 1. The first-order valence-electron chi connectivity index (χ1n) is 5.92. The Hall–Kier alpha value is -2.56. The monoisotopic (exact) mass is 257 g/mol. The molecular weight excluding hydrogens is 242 g/mol. The molecule has 0 fully saturated rings. The van der Waals surface area contributed by atoms with Gasteiger partial charge in [-0.3, -0.25) is 4.98 Å². The normalized spacial score (nSPS) is 10.1. The lowest BCUT2D eigenvalue weighted by atomic mass is 10.1. The van der Waals surface area contributed by atoms with Crippen LogP contribution in [0.4, 0.5) is 11.4 Å². The molecule has 0 unspecified atom stereocenters. The Morgan fingerprint density at radius 2 is 2.21 bits per heavy atom. The van der Waals surface area contributed by atoms with E-state index < -0.39 is 5.97 Å². The average Bonchev–Trinajstić information content (AvgIpc) is 2.39. The zero-order valence-corrected chi connectivity index (χ0v) is 10.3. The summed E-state index contributed by atoms with van der Waals surface area (Å²) in [5, 5.41) is 12.2. The number of hydrogen-bond acceptors (Lipinski definition) is 4. The summed E-state index contributed by atoms with van der Waals surface area (Å²) in [5.41, 5.74) is 8.06. The first kappa shape index (κ1) is 12.9. The van der Waals surface area contributed by atoms with Crippen LogP contribution >= 0.6 is 0 Å². The van der Waals surface area contributed by atoms with Crippen LogP contribution in [0.3, 0.4) is 0 Å². The molecule has 1 aromatic heterocycles. The van der Waals surface area contributed by atoms with Gasteiger partial charge in [0, 0.05) is 24.6 Å². The first-order chi connectivity index (χ1) is 9.16. The van der Waals surface area contributed by atoms with E-state index in [1.807, 2.05) is 12.1 Å². The topological polar surface area (TPSA) is 88.2 Å². The Bertz CT molecular complexity index is 570. The Morgan fingerprint density at radius 1 is 1.37 bits per heavy atom. The van der Waals surface area contributed by atoms with E-state index in [0.717, 1.165) is 12.0 Å². The lowest BCUT2D eigenvalue weighted by molar-refractivity contribution is 0.0698. The van der Waals surface area contributed by atoms with Gasteiger partial charge >= 0.3 is 5.97 Å². The van der Waals surface area contributed by atoms with E-state index in [0.29, 0.717) is 17.9 Å². The molecule has 19 heavy (non-hydrogen) atoms. The molecule has 0 aliphatic carbocycles. The van der Waals surface area contributed by atoms with Crippen LogP contribution in [0, 0.1) is 0 Å². The van der Waals surface area contributed by atoms with Crippen LogP contribution in [0.15, 0.2) is 42.7 Å². The molecule has 0 saturated heterocycles. The van der Waals surface area contributed by atoms with Gasteiger partial charge in [-0.1, -0.05) is 6.07 Å². The number of nitrogen functional groups attached to an aromatic ring is 1. The highest BCUT2D eigenvalue weighted by Crippen LogP contribution is 2.19. The molecule has 0 aliphatic rings. The molecule has 2 aromatic rings. The van der Waals surface area contributed by atoms with Gasteiger partial charge in [-0.05, 0) is 36.2 Å². The number of aromatic nitrogens is 1. The summed E-state index contributed by atoms with van der Waals surface area (Å²) in [6.07, 6.45) is 4.28. The Morgan fingerprint density at radius 3 is 2.89 bits per heavy atom. The smallest absolute Gasteiger partial charge is 0.337 e. The van der Waals surface area contributed by atoms with Crippen molar-refractivity contribution in [1.29, 1.82) is 0 Å². The zero-order chi connectivity index (χ0) is 13.7. The summed E-state index contributed by atoms with van der Waals surface area (Å²) in [6, 6.07) is 8.57. The maximum Gasteiger partial charge on any atom is 0.337 e. The van der Waals surface area contributed by atoms with Crippen molar-refractivity contribution in [2.75, 3.05) is 17.6 Å². The Kier molecular flexibility index (Phi) is 3.97. The highest BCUT2D eigenvalue weighted by molar-refractivity contribution is 5.95. The fourth-order valence-electron chi connectivity index (χ4n) is 1.78. The highest BCUT2D eigenvalue weighted by atomic mass is 16.4. The molecule has 0 aliphatic heterocycles. The number of rotatable bonds is 5. The number of carboxylic acid groups (broad SMARTS) is 1. The molecule has 4 N–H and O–H groups in total. The van der Waals surface area contributed by atoms with Gasteiger partial charge in [-0.25, -0.2) is 4.79 Å². The molecule has 0 atom stereocenters. The zero-order valence-electron chi connectivity index (χ0n) is 10.3. The van der Waals surface area contributed by atoms with E-state index in [9.17, 15) is 4.79 Å². The van der Waals surface area contributed by atoms with Gasteiger partial charge in [0.1, 0.15) is 0 Å². The average molecular weight is 257 g/mol. The third-order valence-electron chi connectivity index (χ3n) is 2.73. The SMILES string of the molecule is Nc1ccc(C(=O)O)c(NCCc2cccnc2)c1. The number of pyridine rings is 1. The summed E-state index contributed by atoms with van der Waals surface area (Å²) < 4.78 is 0. The molecule has 5 heteroatoms. The number of nitrogens with zero attached hydrogens (tertiary/aromatic N) is 1. The standard InChI is InChI=1S/C14H15N3O2/c15-11-3-4-12(14(18)19)13(8-11)17-7-5-10-2-1-6-16-9-10/h1-4,6,8-9,17H,5,7,15H2,(H,18,19). The number of hydrogen-bond donors (Lipinski definition) is 3. The molecular formula is C14H15N3O2. The number of benzene rings is 1. The third kappa shape index (κ3) is 3.45. The molecule has 2 rings (SSSR count). The predicted octanol–water partition coefficient (Wildman–Crippen LogP) is 2.02. The van der Waals surface area contributed by atoms with Gasteiger partial charge in [0.2, 0.25) is 0 Å². The minimum Gasteiger partial charge on any atom is -0.478 e. The lowest BCUT2D eigenvalue weighted by Crippen LogP contribution is -2.10. The molecule has 0 saturated carbocycles. The van der Waals surface area contributed by atoms with Crippen molar-refractivity contribution in [3.63, 3.8) is 0 Å². The quantitative estimate of drug-likeness (QED) is 0.713. The van der Waals surface area contributed by atoms with Gasteiger partial charge in [-0.15, -0.1) is 0 Å². The number of carboxylic acids is 1. The van der Waals surface area contributed by atoms with Gasteiger partial charge in [0.05, 0.1) is 11.3 Å². The maximum atomic E-state index is 11.1. The summed E-state index contributed by atoms with van der Waals surface area (Å²) >= 11 is 0. The van der Waals surface area contributed by atoms with Gasteiger partial charge in [0.15, 0.2) is 0 Å². The second kappa shape index (κ2) is 5.86. The fraction of sp³-hybridized carbons (Fsp3) is 0.143. The van der Waals surface area contributed by atoms with Crippen molar-refractivity contribution in [3.8, 4) is 0 Å². The lowest BCUT2D eigenvalue weighted by Gasteiger charge is -2.10. The van der Waals surface area contributed by atoms with Crippen molar-refractivity contribution >= 4 is 17.3 Å². The summed E-state index contributed by atoms with van der Waals surface area (Å²) in [5.74, 6) is -0.969. The van der Waals surface area contributed by atoms with E-state index in [4.69, 9.17) is 10.8 Å². The molecule has 0 spiro atoms. The maximum absolute atomic E-state index is 11.1. The minimum atomic E-state index is -0.969. The molecule has 1 heterocycles. The van der Waals surface area contributed by atoms with Crippen molar-refractivity contribution in [1.82, 2.24) is 4.98 Å². The van der Waals surface area contributed by atoms with Crippen LogP contribution in [0.1, 0.15) is 15.9 Å². The van der Waals surface area contributed by atoms with E-state index in [1.54, 1.807) is 24.5 Å². The Balaban J connectivity index is 2.03. The molecule has 1 aromatic carbocycles. The van der Waals surface area contributed by atoms with Crippen molar-refractivity contribution in [2.24, 2.45) is 0 Å².